The molecule has 2 heterocycles. The molecule has 0 saturated carbocycles. The van der Waals surface area contributed by atoms with Gasteiger partial charge in [-0.1, -0.05) is 23.2 Å². The predicted octanol–water partition coefficient (Wildman–Crippen LogP) is 4.44. The predicted molar refractivity (Wildman–Crippen MR) is 117 cm³/mol. The topological polar surface area (TPSA) is 40.1 Å². The average molecular weight is 399 g/mol. The molecule has 148 valence electrons. The van der Waals surface area contributed by atoms with Crippen LogP contribution in [0.1, 0.15) is 17.5 Å². The van der Waals surface area contributed by atoms with Crippen molar-refractivity contribution in [3.05, 3.63) is 52.5 Å². The van der Waals surface area contributed by atoms with Crippen LogP contribution in [0.2, 0.25) is 5.02 Å². The Labute approximate surface area is 172 Å². The van der Waals surface area contributed by atoms with Gasteiger partial charge < -0.3 is 15.0 Å². The van der Waals surface area contributed by atoms with Gasteiger partial charge in [0, 0.05) is 55.7 Å². The third kappa shape index (κ3) is 3.88. The monoisotopic (exact) mass is 398 g/mol. The summed E-state index contributed by atoms with van der Waals surface area (Å²) < 4.78 is 5.33. The minimum atomic E-state index is 0.444. The van der Waals surface area contributed by atoms with Crippen molar-refractivity contribution in [3.63, 3.8) is 0 Å². The molecule has 2 aliphatic rings. The summed E-state index contributed by atoms with van der Waals surface area (Å²) in [7, 11) is 3.96. The van der Waals surface area contributed by atoms with E-state index in [0.717, 1.165) is 61.1 Å². The van der Waals surface area contributed by atoms with E-state index >= 15 is 0 Å². The van der Waals surface area contributed by atoms with Crippen LogP contribution < -0.4 is 5.32 Å². The summed E-state index contributed by atoms with van der Waals surface area (Å²) in [4.78, 5) is 9.93. The Bertz CT molecular complexity index is 898. The third-order valence-electron chi connectivity index (χ3n) is 5.60. The smallest absolute Gasteiger partial charge is 0.138 e. The number of nitrogens with one attached hydrogen (secondary N) is 1. The molecular formula is C22H27ClN4O. The van der Waals surface area contributed by atoms with Crippen molar-refractivity contribution < 1.29 is 4.74 Å². The molecule has 1 atom stereocenters. The zero-order valence-corrected chi connectivity index (χ0v) is 17.5. The Morgan fingerprint density at radius 2 is 2.00 bits per heavy atom. The summed E-state index contributed by atoms with van der Waals surface area (Å²) in [6.45, 7) is 5.78. The minimum absolute atomic E-state index is 0.444. The van der Waals surface area contributed by atoms with Crippen LogP contribution in [0.4, 0.5) is 17.1 Å². The van der Waals surface area contributed by atoms with Gasteiger partial charge in [-0.3, -0.25) is 4.90 Å². The number of nitrogens with zero attached hydrogens (tertiary/aromatic N) is 3. The van der Waals surface area contributed by atoms with Crippen LogP contribution >= 0.6 is 11.6 Å². The van der Waals surface area contributed by atoms with E-state index in [9.17, 15) is 0 Å². The Morgan fingerprint density at radius 1 is 1.18 bits per heavy atom. The Morgan fingerprint density at radius 3 is 2.82 bits per heavy atom. The number of fused-ring (bicyclic) bond motifs is 2. The number of anilines is 2. The Hall–Kier alpha value is -2.08. The summed E-state index contributed by atoms with van der Waals surface area (Å²) >= 11 is 6.27. The van der Waals surface area contributed by atoms with Crippen LogP contribution in [0.15, 0.2) is 41.4 Å². The number of aryl methyl sites for hydroxylation is 1. The molecule has 0 radical (unpaired) electrons. The van der Waals surface area contributed by atoms with E-state index in [1.54, 1.807) is 7.11 Å². The fraction of sp³-hybridized carbons (Fsp3) is 0.409. The number of likely N-dealkylation sites (N-methyl/N-ethyl adjacent to an activating group) is 1. The van der Waals surface area contributed by atoms with Gasteiger partial charge in [0.2, 0.25) is 0 Å². The summed E-state index contributed by atoms with van der Waals surface area (Å²) in [6.07, 6.45) is 1.01. The third-order valence-corrected chi connectivity index (χ3v) is 5.84. The van der Waals surface area contributed by atoms with Gasteiger partial charge in [-0.25, -0.2) is 4.99 Å². The van der Waals surface area contributed by atoms with E-state index in [2.05, 4.69) is 47.3 Å². The summed E-state index contributed by atoms with van der Waals surface area (Å²) in [5.74, 6) is 1.02. The van der Waals surface area contributed by atoms with Gasteiger partial charge in [0.1, 0.15) is 5.84 Å². The first kappa shape index (κ1) is 19.2. The number of benzene rings is 2. The number of hydrogen-bond acceptors (Lipinski definition) is 5. The number of piperazine rings is 1. The molecule has 28 heavy (non-hydrogen) atoms. The second kappa shape index (κ2) is 8.11. The molecule has 1 saturated heterocycles. The van der Waals surface area contributed by atoms with Gasteiger partial charge in [-0.05, 0) is 50.7 Å². The maximum Gasteiger partial charge on any atom is 0.138 e. The molecule has 2 aromatic carbocycles. The zero-order valence-electron chi connectivity index (χ0n) is 16.7. The molecule has 1 unspecified atom stereocenters. The maximum absolute atomic E-state index is 6.27. The highest BCUT2D eigenvalue weighted by Crippen LogP contribution is 2.37. The second-order valence-electron chi connectivity index (χ2n) is 7.63. The molecule has 0 bridgehead atoms. The molecule has 5 nitrogen and oxygen atoms in total. The first-order valence-electron chi connectivity index (χ1n) is 9.75. The first-order chi connectivity index (χ1) is 13.5. The van der Waals surface area contributed by atoms with Crippen molar-refractivity contribution in [2.75, 3.05) is 45.7 Å². The van der Waals surface area contributed by atoms with E-state index in [1.165, 1.54) is 5.56 Å². The van der Waals surface area contributed by atoms with E-state index in [-0.39, 0.29) is 0 Å². The fourth-order valence-corrected chi connectivity index (χ4v) is 4.09. The lowest BCUT2D eigenvalue weighted by atomic mass is 10.0. The van der Waals surface area contributed by atoms with Crippen LogP contribution in [0, 0.1) is 6.92 Å². The summed E-state index contributed by atoms with van der Waals surface area (Å²) in [5, 5.41) is 4.25. The van der Waals surface area contributed by atoms with Gasteiger partial charge in [0.15, 0.2) is 0 Å². The van der Waals surface area contributed by atoms with E-state index < -0.39 is 0 Å². The van der Waals surface area contributed by atoms with E-state index in [1.807, 2.05) is 18.2 Å². The largest absolute Gasteiger partial charge is 0.385 e. The van der Waals surface area contributed by atoms with Crippen LogP contribution in [-0.4, -0.2) is 62.1 Å². The lowest BCUT2D eigenvalue weighted by Crippen LogP contribution is -2.53. The van der Waals surface area contributed by atoms with Gasteiger partial charge in [0.25, 0.3) is 0 Å². The summed E-state index contributed by atoms with van der Waals surface area (Å²) in [6, 6.07) is 12.8. The standard InChI is InChI=1S/C22H27ClN4O/c1-15-4-6-19-18(12-15)22(25-21-13-16(23)5-7-20(21)24-19)27-10-9-26(2)17(14-27)8-11-28-3/h4-7,12-13,17,24H,8-11,14H2,1-3H3. The van der Waals surface area contributed by atoms with Crippen molar-refractivity contribution in [1.29, 1.82) is 0 Å². The molecule has 4 rings (SSSR count). The highest BCUT2D eigenvalue weighted by Gasteiger charge is 2.29. The van der Waals surface area contributed by atoms with Gasteiger partial charge in [-0.15, -0.1) is 0 Å². The molecule has 0 spiro atoms. The van der Waals surface area contributed by atoms with E-state index in [4.69, 9.17) is 21.3 Å². The lowest BCUT2D eigenvalue weighted by molar-refractivity contribution is 0.100. The Kier molecular flexibility index (Phi) is 5.58. The highest BCUT2D eigenvalue weighted by molar-refractivity contribution is 6.31. The van der Waals surface area contributed by atoms with Crippen LogP contribution in [0.5, 0.6) is 0 Å². The number of aliphatic imine (C=N–C) groups is 1. The first-order valence-corrected chi connectivity index (χ1v) is 10.1. The maximum atomic E-state index is 6.27. The minimum Gasteiger partial charge on any atom is -0.385 e. The van der Waals surface area contributed by atoms with Crippen molar-refractivity contribution in [2.45, 2.75) is 19.4 Å². The van der Waals surface area contributed by atoms with Gasteiger partial charge >= 0.3 is 0 Å². The lowest BCUT2D eigenvalue weighted by Gasteiger charge is -2.41. The van der Waals surface area contributed by atoms with Crippen LogP contribution in [0.3, 0.4) is 0 Å². The number of amidine groups is 1. The molecule has 1 fully saturated rings. The van der Waals surface area contributed by atoms with Gasteiger partial charge in [-0.2, -0.15) is 0 Å². The Balaban J connectivity index is 1.76. The molecule has 0 aromatic heterocycles. The average Bonchev–Trinajstić information content (AvgIpc) is 2.84. The van der Waals surface area contributed by atoms with Crippen LogP contribution in [-0.2, 0) is 4.74 Å². The molecule has 2 aliphatic heterocycles. The number of hydrogen-bond donors (Lipinski definition) is 1. The normalized spacial score (nSPS) is 19.4. The number of ether oxygens (including phenoxy) is 1. The van der Waals surface area contributed by atoms with Gasteiger partial charge in [0.05, 0.1) is 11.4 Å². The van der Waals surface area contributed by atoms with Crippen molar-refractivity contribution in [3.8, 4) is 0 Å². The van der Waals surface area contributed by atoms with Crippen molar-refractivity contribution in [1.82, 2.24) is 9.80 Å². The van der Waals surface area contributed by atoms with E-state index in [0.29, 0.717) is 11.1 Å². The van der Waals surface area contributed by atoms with Crippen LogP contribution in [0.25, 0.3) is 0 Å². The summed E-state index contributed by atoms with van der Waals surface area (Å²) in [5.41, 5.74) is 5.31. The zero-order chi connectivity index (χ0) is 19.7. The number of halogens is 1. The molecule has 0 amide bonds. The van der Waals surface area contributed by atoms with Crippen molar-refractivity contribution >= 4 is 34.5 Å². The van der Waals surface area contributed by atoms with Crippen molar-refractivity contribution in [2.24, 2.45) is 4.99 Å². The molecule has 1 N–H and O–H groups in total. The number of methoxy groups -OCH3 is 1. The molecular weight excluding hydrogens is 372 g/mol. The molecule has 0 aliphatic carbocycles. The molecule has 2 aromatic rings. The second-order valence-corrected chi connectivity index (χ2v) is 8.07. The SMILES string of the molecule is COCCC1CN(C2=Nc3cc(Cl)ccc3Nc3ccc(C)cc32)CCN1C. The fourth-order valence-electron chi connectivity index (χ4n) is 3.92. The quantitative estimate of drug-likeness (QED) is 0.829. The number of rotatable bonds is 3. The molecule has 6 heteroatoms. The highest BCUT2D eigenvalue weighted by atomic mass is 35.5.